The van der Waals surface area contributed by atoms with Crippen LogP contribution in [-0.2, 0) is 16.2 Å². The predicted molar refractivity (Wildman–Crippen MR) is 49.3 cm³/mol. The molecule has 1 rings (SSSR count). The summed E-state index contributed by atoms with van der Waals surface area (Å²) in [6.45, 7) is 4.41. The van der Waals surface area contributed by atoms with Crippen molar-refractivity contribution in [3.8, 4) is 0 Å². The second-order valence-electron chi connectivity index (χ2n) is 2.45. The Kier molecular flexibility index (Phi) is 3.57. The van der Waals surface area contributed by atoms with E-state index in [1.807, 2.05) is 30.3 Å². The van der Waals surface area contributed by atoms with Gasteiger partial charge in [0.25, 0.3) is 0 Å². The third-order valence-corrected chi connectivity index (χ3v) is 1.56. The van der Waals surface area contributed by atoms with Crippen LogP contribution in [0, 0.1) is 0 Å². The molecule has 0 aliphatic carbocycles. The zero-order valence-electron chi connectivity index (χ0n) is 7.22. The fourth-order valence-corrected chi connectivity index (χ4v) is 0.963. The van der Waals surface area contributed by atoms with E-state index in [4.69, 9.17) is 0 Å². The molecule has 0 spiro atoms. The summed E-state index contributed by atoms with van der Waals surface area (Å²) in [5, 5.41) is 1.36. The normalized spacial score (nSPS) is 8.92. The van der Waals surface area contributed by atoms with Gasteiger partial charge in [-0.2, -0.15) is 0 Å². The van der Waals surface area contributed by atoms with Gasteiger partial charge in [-0.15, -0.1) is 0 Å². The van der Waals surface area contributed by atoms with Gasteiger partial charge in [-0.25, -0.2) is 5.06 Å². The van der Waals surface area contributed by atoms with Gasteiger partial charge in [0.05, 0.1) is 6.54 Å². The summed E-state index contributed by atoms with van der Waals surface area (Å²) < 4.78 is 0. The van der Waals surface area contributed by atoms with Crippen molar-refractivity contribution < 1.29 is 9.63 Å². The molecule has 13 heavy (non-hydrogen) atoms. The highest BCUT2D eigenvalue weighted by molar-refractivity contribution is 5.36. The first-order valence-corrected chi connectivity index (χ1v) is 3.90. The first-order chi connectivity index (χ1) is 6.36. The maximum Gasteiger partial charge on any atom is 0.320 e. The van der Waals surface area contributed by atoms with Crippen LogP contribution >= 0.6 is 0 Å². The number of carbonyl (C=O) groups excluding carboxylic acids is 1. The van der Waals surface area contributed by atoms with E-state index in [1.165, 1.54) is 11.3 Å². The van der Waals surface area contributed by atoms with E-state index in [-0.39, 0.29) is 0 Å². The van der Waals surface area contributed by atoms with Gasteiger partial charge in [-0.05, 0) is 5.56 Å². The highest BCUT2D eigenvalue weighted by atomic mass is 16.7. The molecule has 0 bridgehead atoms. The monoisotopic (exact) mass is 177 g/mol. The number of rotatable bonds is 5. The molecule has 0 atom stereocenters. The minimum Gasteiger partial charge on any atom is -0.344 e. The molecule has 0 radical (unpaired) electrons. The van der Waals surface area contributed by atoms with Gasteiger partial charge in [-0.3, -0.25) is 4.79 Å². The lowest BCUT2D eigenvalue weighted by atomic mass is 10.2. The molecule has 0 saturated heterocycles. The van der Waals surface area contributed by atoms with Gasteiger partial charge < -0.3 is 4.84 Å². The van der Waals surface area contributed by atoms with Gasteiger partial charge in [0, 0.05) is 6.20 Å². The van der Waals surface area contributed by atoms with E-state index < -0.39 is 0 Å². The summed E-state index contributed by atoms with van der Waals surface area (Å²) in [5.41, 5.74) is 1.06. The van der Waals surface area contributed by atoms with Crippen LogP contribution in [0.15, 0.2) is 43.1 Å². The maximum atomic E-state index is 10.1. The van der Waals surface area contributed by atoms with Crippen molar-refractivity contribution in [3.63, 3.8) is 0 Å². The minimum absolute atomic E-state index is 0.380. The van der Waals surface area contributed by atoms with Crippen LogP contribution in [0.3, 0.4) is 0 Å². The van der Waals surface area contributed by atoms with Crippen LogP contribution < -0.4 is 0 Å². The molecule has 1 aromatic carbocycles. The van der Waals surface area contributed by atoms with E-state index in [0.29, 0.717) is 13.0 Å². The summed E-state index contributed by atoms with van der Waals surface area (Å²) in [5.74, 6) is 0. The fraction of sp³-hybridized carbons (Fsp3) is 0.100. The third kappa shape index (κ3) is 2.99. The van der Waals surface area contributed by atoms with Crippen molar-refractivity contribution in [2.45, 2.75) is 6.54 Å². The van der Waals surface area contributed by atoms with Crippen LogP contribution in [0.1, 0.15) is 5.56 Å². The Morgan fingerprint density at radius 3 is 2.62 bits per heavy atom. The summed E-state index contributed by atoms with van der Waals surface area (Å²) in [4.78, 5) is 14.7. The standard InChI is InChI=1S/C10H11NO2/c1-2-11(13-9-12)8-10-6-4-3-5-7-10/h2-7,9H,1,8H2. The third-order valence-electron chi connectivity index (χ3n) is 1.56. The lowest BCUT2D eigenvalue weighted by molar-refractivity contribution is -0.162. The highest BCUT2D eigenvalue weighted by Crippen LogP contribution is 2.03. The molecule has 0 aromatic heterocycles. The van der Waals surface area contributed by atoms with Crippen LogP contribution in [0.25, 0.3) is 0 Å². The van der Waals surface area contributed by atoms with Crippen LogP contribution in [0.4, 0.5) is 0 Å². The number of hydrogen-bond donors (Lipinski definition) is 0. The summed E-state index contributed by atoms with van der Waals surface area (Å²) in [7, 11) is 0. The van der Waals surface area contributed by atoms with Crippen molar-refractivity contribution in [2.75, 3.05) is 0 Å². The lowest BCUT2D eigenvalue weighted by Crippen LogP contribution is -2.15. The van der Waals surface area contributed by atoms with E-state index in [9.17, 15) is 4.79 Å². The van der Waals surface area contributed by atoms with Gasteiger partial charge in [0.1, 0.15) is 0 Å². The molecular weight excluding hydrogens is 166 g/mol. The number of nitrogens with zero attached hydrogens (tertiary/aromatic N) is 1. The van der Waals surface area contributed by atoms with Crippen molar-refractivity contribution in [2.24, 2.45) is 0 Å². The number of hydrogen-bond acceptors (Lipinski definition) is 3. The van der Waals surface area contributed by atoms with Crippen molar-refractivity contribution in [1.29, 1.82) is 0 Å². The topological polar surface area (TPSA) is 29.5 Å². The van der Waals surface area contributed by atoms with Crippen LogP contribution in [0.2, 0.25) is 0 Å². The second kappa shape index (κ2) is 4.98. The largest absolute Gasteiger partial charge is 0.344 e. The Hall–Kier alpha value is -1.77. The Labute approximate surface area is 77.2 Å². The molecule has 1 aromatic rings. The fourth-order valence-electron chi connectivity index (χ4n) is 0.963. The van der Waals surface area contributed by atoms with Gasteiger partial charge in [-0.1, -0.05) is 36.9 Å². The molecule has 0 heterocycles. The van der Waals surface area contributed by atoms with Crippen LogP contribution in [0.5, 0.6) is 0 Å². The van der Waals surface area contributed by atoms with Gasteiger partial charge >= 0.3 is 6.47 Å². The predicted octanol–water partition coefficient (Wildman–Crippen LogP) is 1.72. The molecule has 0 saturated carbocycles. The first kappa shape index (κ1) is 9.32. The van der Waals surface area contributed by atoms with E-state index in [1.54, 1.807) is 0 Å². The van der Waals surface area contributed by atoms with Crippen molar-refractivity contribution in [3.05, 3.63) is 48.7 Å². The first-order valence-electron chi connectivity index (χ1n) is 3.90. The number of hydroxylamine groups is 2. The lowest BCUT2D eigenvalue weighted by Gasteiger charge is -2.15. The van der Waals surface area contributed by atoms with Gasteiger partial charge in [0.15, 0.2) is 0 Å². The molecular formula is C10H11NO2. The Bertz CT molecular complexity index is 272. The minimum atomic E-state index is 0.380. The zero-order chi connectivity index (χ0) is 9.52. The molecule has 68 valence electrons. The molecule has 0 N–H and O–H groups in total. The maximum absolute atomic E-state index is 10.1. The SMILES string of the molecule is C=CN(Cc1ccccc1)OC=O. The summed E-state index contributed by atoms with van der Waals surface area (Å²) in [6, 6.07) is 9.69. The highest BCUT2D eigenvalue weighted by Gasteiger charge is 1.98. The quantitative estimate of drug-likeness (QED) is 0.506. The zero-order valence-corrected chi connectivity index (χ0v) is 7.22. The summed E-state index contributed by atoms with van der Waals surface area (Å²) in [6.07, 6.45) is 1.46. The molecule has 0 fully saturated rings. The average molecular weight is 177 g/mol. The molecule has 0 amide bonds. The second-order valence-corrected chi connectivity index (χ2v) is 2.45. The van der Waals surface area contributed by atoms with E-state index >= 15 is 0 Å². The molecule has 0 aliphatic rings. The van der Waals surface area contributed by atoms with Gasteiger partial charge in [0.2, 0.25) is 0 Å². The Balaban J connectivity index is 2.56. The van der Waals surface area contributed by atoms with Crippen LogP contribution in [-0.4, -0.2) is 11.5 Å². The molecule has 0 aliphatic heterocycles. The van der Waals surface area contributed by atoms with Crippen molar-refractivity contribution >= 4 is 6.47 Å². The number of benzene rings is 1. The molecule has 3 heteroatoms. The molecule has 0 unspecified atom stereocenters. The number of carbonyl (C=O) groups is 1. The summed E-state index contributed by atoms with van der Waals surface area (Å²) >= 11 is 0. The van der Waals surface area contributed by atoms with E-state index in [2.05, 4.69) is 11.4 Å². The smallest absolute Gasteiger partial charge is 0.320 e. The average Bonchev–Trinajstić information content (AvgIpc) is 2.19. The Morgan fingerprint density at radius 2 is 2.08 bits per heavy atom. The van der Waals surface area contributed by atoms with Crippen molar-refractivity contribution in [1.82, 2.24) is 5.06 Å². The Morgan fingerprint density at radius 1 is 1.38 bits per heavy atom. The molecule has 3 nitrogen and oxygen atoms in total. The van der Waals surface area contributed by atoms with E-state index in [0.717, 1.165) is 5.56 Å².